The van der Waals surface area contributed by atoms with Gasteiger partial charge >= 0.3 is 12.1 Å². The molecule has 0 N–H and O–H groups in total. The first-order valence-electron chi connectivity index (χ1n) is 8.37. The zero-order valence-electron chi connectivity index (χ0n) is 16.6. The first-order valence-corrected chi connectivity index (χ1v) is 8.37. The summed E-state index contributed by atoms with van der Waals surface area (Å²) in [6, 6.07) is 9.07. The van der Waals surface area contributed by atoms with Gasteiger partial charge in [-0.2, -0.15) is 0 Å². The van der Waals surface area contributed by atoms with E-state index in [1.807, 2.05) is 30.3 Å². The van der Waals surface area contributed by atoms with Crippen molar-refractivity contribution in [1.29, 1.82) is 0 Å². The number of nitrogens with zero attached hydrogens (tertiary/aromatic N) is 2. The standard InChI is InChI=1S/C19H25N2O6.Y/c1-19(2,3)27-18(25)20(10-11-22)13-16(23)21(14-17(24)26-4)12-15-8-6-5-7-9-15;/h5-9H,10,12-14H2,1-4H3;/q-1;. The van der Waals surface area contributed by atoms with Gasteiger partial charge in [-0.15, -0.1) is 0 Å². The number of ether oxygens (including phenoxy) is 2. The number of hydrogen-bond donors (Lipinski definition) is 0. The normalized spacial score (nSPS) is 10.3. The van der Waals surface area contributed by atoms with Gasteiger partial charge in [-0.25, -0.2) is 11.1 Å². The summed E-state index contributed by atoms with van der Waals surface area (Å²) in [6.45, 7) is 4.06. The molecule has 0 unspecified atom stereocenters. The summed E-state index contributed by atoms with van der Waals surface area (Å²) < 4.78 is 9.83. The quantitative estimate of drug-likeness (QED) is 0.426. The van der Waals surface area contributed by atoms with E-state index in [9.17, 15) is 19.2 Å². The monoisotopic (exact) mass is 466 g/mol. The van der Waals surface area contributed by atoms with E-state index in [1.54, 1.807) is 27.1 Å². The van der Waals surface area contributed by atoms with Crippen LogP contribution >= 0.6 is 0 Å². The van der Waals surface area contributed by atoms with E-state index >= 15 is 0 Å². The van der Waals surface area contributed by atoms with Crippen LogP contribution in [0, 0.1) is 0 Å². The molecular formula is C19H25N2O6Y-. The van der Waals surface area contributed by atoms with Crippen LogP contribution in [0.1, 0.15) is 26.3 Å². The maximum atomic E-state index is 12.7. The summed E-state index contributed by atoms with van der Waals surface area (Å²) in [6.07, 6.45) is 0.785. The number of benzene rings is 1. The predicted molar refractivity (Wildman–Crippen MR) is 97.4 cm³/mol. The van der Waals surface area contributed by atoms with Crippen molar-refractivity contribution in [3.8, 4) is 0 Å². The minimum atomic E-state index is -0.808. The van der Waals surface area contributed by atoms with Crippen molar-refractivity contribution in [2.75, 3.05) is 26.7 Å². The molecule has 0 spiro atoms. The van der Waals surface area contributed by atoms with E-state index in [0.717, 1.165) is 10.5 Å². The molecule has 28 heavy (non-hydrogen) atoms. The van der Waals surface area contributed by atoms with Crippen molar-refractivity contribution in [3.05, 3.63) is 35.9 Å². The maximum Gasteiger partial charge on any atom is 0.408 e. The summed E-state index contributed by atoms with van der Waals surface area (Å²) in [5, 5.41) is 0. The summed E-state index contributed by atoms with van der Waals surface area (Å²) in [5.74, 6) is -1.12. The van der Waals surface area contributed by atoms with E-state index in [0.29, 0.717) is 0 Å². The Hall–Kier alpha value is -1.80. The molecule has 1 radical (unpaired) electrons. The minimum Gasteiger partial charge on any atom is -0.540 e. The topological polar surface area (TPSA) is 93.2 Å². The minimum absolute atomic E-state index is 0. The van der Waals surface area contributed by atoms with Gasteiger partial charge in [0.2, 0.25) is 5.91 Å². The zero-order chi connectivity index (χ0) is 20.4. The van der Waals surface area contributed by atoms with Crippen LogP contribution in [0.2, 0.25) is 0 Å². The number of hydrogen-bond acceptors (Lipinski definition) is 6. The molecule has 0 bridgehead atoms. The average Bonchev–Trinajstić information content (AvgIpc) is 2.60. The van der Waals surface area contributed by atoms with Crippen molar-refractivity contribution in [2.45, 2.75) is 32.9 Å². The Morgan fingerprint density at radius 3 is 2.14 bits per heavy atom. The number of carbonyl (C=O) groups is 3. The molecule has 0 atom stereocenters. The maximum absolute atomic E-state index is 12.7. The Balaban J connectivity index is 0.00000729. The van der Waals surface area contributed by atoms with Crippen LogP contribution in [0.15, 0.2) is 30.3 Å². The Labute approximate surface area is 190 Å². The van der Waals surface area contributed by atoms with Gasteiger partial charge in [-0.1, -0.05) is 36.9 Å². The van der Waals surface area contributed by atoms with Gasteiger partial charge < -0.3 is 24.1 Å². The van der Waals surface area contributed by atoms with E-state index < -0.39 is 36.7 Å². The van der Waals surface area contributed by atoms with Gasteiger partial charge in [0.15, 0.2) is 0 Å². The Bertz CT molecular complexity index is 660. The zero-order valence-corrected chi connectivity index (χ0v) is 19.5. The number of carbonyl (C=O) groups excluding carboxylic acids is 4. The SMILES string of the molecule is COC(=O)CN(Cc1ccccc1)C(=O)CN(C[C-]=O)C(=O)OC(C)(C)C.[Y]. The average molecular weight is 466 g/mol. The van der Waals surface area contributed by atoms with Crippen molar-refractivity contribution >= 4 is 24.3 Å². The van der Waals surface area contributed by atoms with Crippen LogP contribution < -0.4 is 0 Å². The van der Waals surface area contributed by atoms with E-state index in [-0.39, 0.29) is 45.8 Å². The van der Waals surface area contributed by atoms with Crippen molar-refractivity contribution < 1.29 is 61.4 Å². The molecule has 1 aromatic rings. The van der Waals surface area contributed by atoms with Gasteiger partial charge in [-0.3, -0.25) is 9.59 Å². The summed E-state index contributed by atoms with van der Waals surface area (Å²) in [7, 11) is 1.22. The van der Waals surface area contributed by atoms with Crippen LogP contribution in [0.4, 0.5) is 4.79 Å². The Kier molecular flexibility index (Phi) is 11.8. The third-order valence-corrected chi connectivity index (χ3v) is 3.35. The first kappa shape index (κ1) is 26.2. The van der Waals surface area contributed by atoms with Gasteiger partial charge in [0.1, 0.15) is 18.7 Å². The van der Waals surface area contributed by atoms with Crippen LogP contribution in [0.25, 0.3) is 0 Å². The van der Waals surface area contributed by atoms with Gasteiger partial charge in [0, 0.05) is 39.3 Å². The smallest absolute Gasteiger partial charge is 0.408 e. The van der Waals surface area contributed by atoms with Gasteiger partial charge in [-0.05, 0) is 26.3 Å². The van der Waals surface area contributed by atoms with Crippen LogP contribution in [0.3, 0.4) is 0 Å². The molecule has 1 aromatic carbocycles. The van der Waals surface area contributed by atoms with Crippen molar-refractivity contribution in [3.63, 3.8) is 0 Å². The number of rotatable bonds is 8. The fourth-order valence-electron chi connectivity index (χ4n) is 2.11. The fourth-order valence-corrected chi connectivity index (χ4v) is 2.11. The molecule has 0 aliphatic carbocycles. The van der Waals surface area contributed by atoms with Crippen LogP contribution in [-0.2, 0) is 63.1 Å². The second kappa shape index (κ2) is 12.6. The third-order valence-electron chi connectivity index (χ3n) is 3.35. The molecular weight excluding hydrogens is 441 g/mol. The molecule has 0 aromatic heterocycles. The molecule has 0 aliphatic rings. The predicted octanol–water partition coefficient (Wildman–Crippen LogP) is 1.53. The molecule has 0 aliphatic heterocycles. The van der Waals surface area contributed by atoms with Crippen molar-refractivity contribution in [2.24, 2.45) is 0 Å². The van der Waals surface area contributed by atoms with E-state index in [2.05, 4.69) is 4.74 Å². The van der Waals surface area contributed by atoms with Gasteiger partial charge in [0.25, 0.3) is 0 Å². The number of esters is 1. The fraction of sp³-hybridized carbons (Fsp3) is 0.474. The molecule has 0 fully saturated rings. The molecule has 151 valence electrons. The van der Waals surface area contributed by atoms with Crippen LogP contribution in [0.5, 0.6) is 0 Å². The van der Waals surface area contributed by atoms with Gasteiger partial charge in [0.05, 0.1) is 7.11 Å². The molecule has 8 nitrogen and oxygen atoms in total. The number of amides is 2. The van der Waals surface area contributed by atoms with E-state index in [1.165, 1.54) is 12.0 Å². The van der Waals surface area contributed by atoms with Crippen LogP contribution in [-0.4, -0.2) is 66.4 Å². The molecule has 0 heterocycles. The molecule has 1 rings (SSSR count). The first-order chi connectivity index (χ1) is 12.7. The summed E-state index contributed by atoms with van der Waals surface area (Å²) >= 11 is 0. The molecule has 0 saturated carbocycles. The largest absolute Gasteiger partial charge is 0.540 e. The Morgan fingerprint density at radius 1 is 1.04 bits per heavy atom. The summed E-state index contributed by atoms with van der Waals surface area (Å²) in [4.78, 5) is 49.5. The van der Waals surface area contributed by atoms with E-state index in [4.69, 9.17) is 4.74 Å². The third kappa shape index (κ3) is 9.94. The molecule has 2 amide bonds. The summed E-state index contributed by atoms with van der Waals surface area (Å²) in [5.41, 5.74) is 0.0253. The van der Waals surface area contributed by atoms with Crippen molar-refractivity contribution in [1.82, 2.24) is 9.80 Å². The molecule has 0 saturated heterocycles. The molecule has 9 heteroatoms. The number of methoxy groups -OCH3 is 1. The second-order valence-electron chi connectivity index (χ2n) is 6.79. The second-order valence-corrected chi connectivity index (χ2v) is 6.79. The Morgan fingerprint density at radius 2 is 1.64 bits per heavy atom.